The van der Waals surface area contributed by atoms with Crippen LogP contribution in [0.5, 0.6) is 0 Å². The summed E-state index contributed by atoms with van der Waals surface area (Å²) in [6.07, 6.45) is 0. The van der Waals surface area contributed by atoms with Gasteiger partial charge in [0.1, 0.15) is 0 Å². The highest BCUT2D eigenvalue weighted by Gasteiger charge is 2.39. The second kappa shape index (κ2) is 4.81. The Morgan fingerprint density at radius 2 is 1.46 bits per heavy atom. The molecule has 0 aromatic heterocycles. The van der Waals surface area contributed by atoms with Crippen LogP contribution in [0, 0.1) is 0 Å². The molecule has 0 amide bonds. The molecule has 2 N–H and O–H groups in total. The van der Waals surface area contributed by atoms with Gasteiger partial charge in [-0.15, -0.1) is 0 Å². The maximum Gasteiger partial charge on any atom is 0.337 e. The number of hydrogen-bond acceptors (Lipinski definition) is 5. The Bertz CT molecular complexity index is 180. The average molecular weight is 189 g/mol. The van der Waals surface area contributed by atoms with Crippen LogP contribution in [-0.4, -0.2) is 30.7 Å². The minimum absolute atomic E-state index is 0.186. The topological polar surface area (TPSA) is 78.6 Å². The van der Waals surface area contributed by atoms with Crippen LogP contribution in [0.2, 0.25) is 0 Å². The van der Waals surface area contributed by atoms with E-state index >= 15 is 0 Å². The standard InChI is InChI=1S/C8H15NO4/c1-4-12-6(10)8(3,9)7(11)13-5-2/h4-5,9H2,1-3H3. The van der Waals surface area contributed by atoms with Crippen molar-refractivity contribution in [2.45, 2.75) is 26.3 Å². The van der Waals surface area contributed by atoms with Crippen LogP contribution in [0.3, 0.4) is 0 Å². The van der Waals surface area contributed by atoms with Crippen LogP contribution >= 0.6 is 0 Å². The zero-order valence-electron chi connectivity index (χ0n) is 8.12. The fourth-order valence-corrected chi connectivity index (χ4v) is 0.645. The molecule has 5 heteroatoms. The van der Waals surface area contributed by atoms with Gasteiger partial charge in [0, 0.05) is 0 Å². The molecule has 0 bridgehead atoms. The lowest BCUT2D eigenvalue weighted by molar-refractivity contribution is -0.162. The molecule has 0 atom stereocenters. The highest BCUT2D eigenvalue weighted by molar-refractivity contribution is 6.04. The van der Waals surface area contributed by atoms with Gasteiger partial charge in [0.2, 0.25) is 5.54 Å². The van der Waals surface area contributed by atoms with Gasteiger partial charge in [-0.25, -0.2) is 9.59 Å². The van der Waals surface area contributed by atoms with Crippen molar-refractivity contribution in [3.8, 4) is 0 Å². The molecule has 0 spiro atoms. The Morgan fingerprint density at radius 3 is 1.69 bits per heavy atom. The molecule has 0 fully saturated rings. The van der Waals surface area contributed by atoms with Crippen LogP contribution in [0.15, 0.2) is 0 Å². The number of hydrogen-bond donors (Lipinski definition) is 1. The van der Waals surface area contributed by atoms with E-state index in [2.05, 4.69) is 9.47 Å². The van der Waals surface area contributed by atoms with Gasteiger partial charge < -0.3 is 15.2 Å². The van der Waals surface area contributed by atoms with Gasteiger partial charge in [0.25, 0.3) is 0 Å². The fourth-order valence-electron chi connectivity index (χ4n) is 0.645. The smallest absolute Gasteiger partial charge is 0.337 e. The molecular weight excluding hydrogens is 174 g/mol. The van der Waals surface area contributed by atoms with E-state index in [0.717, 1.165) is 0 Å². The third kappa shape index (κ3) is 3.02. The van der Waals surface area contributed by atoms with Crippen molar-refractivity contribution in [3.63, 3.8) is 0 Å². The molecule has 0 rings (SSSR count). The first-order valence-electron chi connectivity index (χ1n) is 4.10. The van der Waals surface area contributed by atoms with E-state index in [1.807, 2.05) is 0 Å². The van der Waals surface area contributed by atoms with Gasteiger partial charge in [-0.1, -0.05) is 0 Å². The van der Waals surface area contributed by atoms with Crippen molar-refractivity contribution in [1.29, 1.82) is 0 Å². The Morgan fingerprint density at radius 1 is 1.15 bits per heavy atom. The molecule has 76 valence electrons. The van der Waals surface area contributed by atoms with Crippen LogP contribution in [-0.2, 0) is 19.1 Å². The molecule has 0 aromatic rings. The third-order valence-electron chi connectivity index (χ3n) is 1.40. The van der Waals surface area contributed by atoms with E-state index in [0.29, 0.717) is 0 Å². The molecular formula is C8H15NO4. The number of ether oxygens (including phenoxy) is 2. The third-order valence-corrected chi connectivity index (χ3v) is 1.40. The minimum Gasteiger partial charge on any atom is -0.464 e. The maximum absolute atomic E-state index is 11.1. The van der Waals surface area contributed by atoms with Gasteiger partial charge in [-0.2, -0.15) is 0 Å². The highest BCUT2D eigenvalue weighted by atomic mass is 16.6. The average Bonchev–Trinajstić information content (AvgIpc) is 2.05. The number of rotatable bonds is 4. The monoisotopic (exact) mass is 189 g/mol. The van der Waals surface area contributed by atoms with Crippen molar-refractivity contribution < 1.29 is 19.1 Å². The first-order valence-corrected chi connectivity index (χ1v) is 4.10. The molecule has 0 aromatic carbocycles. The molecule has 0 saturated heterocycles. The minimum atomic E-state index is -1.70. The molecule has 0 radical (unpaired) electrons. The van der Waals surface area contributed by atoms with E-state index in [4.69, 9.17) is 5.73 Å². The maximum atomic E-state index is 11.1. The zero-order valence-corrected chi connectivity index (χ0v) is 8.12. The molecule has 0 saturated carbocycles. The summed E-state index contributed by atoms with van der Waals surface area (Å²) in [4.78, 5) is 22.3. The van der Waals surface area contributed by atoms with Gasteiger partial charge in [-0.3, -0.25) is 0 Å². The predicted octanol–water partition coefficient (Wildman–Crippen LogP) is -0.170. The molecule has 0 unspecified atom stereocenters. The first kappa shape index (κ1) is 11.9. The summed E-state index contributed by atoms with van der Waals surface area (Å²) in [7, 11) is 0. The number of nitrogens with two attached hydrogens (primary N) is 1. The second-order valence-electron chi connectivity index (χ2n) is 2.64. The Labute approximate surface area is 77.2 Å². The van der Waals surface area contributed by atoms with Gasteiger partial charge in [0.05, 0.1) is 13.2 Å². The summed E-state index contributed by atoms with van der Waals surface area (Å²) in [6, 6.07) is 0. The van der Waals surface area contributed by atoms with Crippen molar-refractivity contribution in [1.82, 2.24) is 0 Å². The Kier molecular flexibility index (Phi) is 4.40. The largest absolute Gasteiger partial charge is 0.464 e. The zero-order chi connectivity index (χ0) is 10.5. The molecule has 13 heavy (non-hydrogen) atoms. The van der Waals surface area contributed by atoms with Crippen LogP contribution in [0.4, 0.5) is 0 Å². The predicted molar refractivity (Wildman–Crippen MR) is 45.9 cm³/mol. The van der Waals surface area contributed by atoms with Gasteiger partial charge in [-0.05, 0) is 20.8 Å². The van der Waals surface area contributed by atoms with Crippen molar-refractivity contribution in [3.05, 3.63) is 0 Å². The quantitative estimate of drug-likeness (QED) is 0.490. The molecule has 0 aliphatic heterocycles. The van der Waals surface area contributed by atoms with Crippen molar-refractivity contribution in [2.75, 3.05) is 13.2 Å². The molecule has 0 aliphatic rings. The SMILES string of the molecule is CCOC(=O)C(C)(N)C(=O)OCC. The Balaban J connectivity index is 4.36. The summed E-state index contributed by atoms with van der Waals surface area (Å²) in [6.45, 7) is 4.91. The lowest BCUT2D eigenvalue weighted by Crippen LogP contribution is -2.54. The molecule has 0 heterocycles. The number of carbonyl (C=O) groups excluding carboxylic acids is 2. The van der Waals surface area contributed by atoms with E-state index in [-0.39, 0.29) is 13.2 Å². The summed E-state index contributed by atoms with van der Waals surface area (Å²) >= 11 is 0. The normalized spacial score (nSPS) is 10.8. The summed E-state index contributed by atoms with van der Waals surface area (Å²) in [5.74, 6) is -1.54. The van der Waals surface area contributed by atoms with Gasteiger partial charge >= 0.3 is 11.9 Å². The summed E-state index contributed by atoms with van der Waals surface area (Å²) in [5, 5.41) is 0. The number of esters is 2. The fraction of sp³-hybridized carbons (Fsp3) is 0.750. The Hall–Kier alpha value is -1.10. The van der Waals surface area contributed by atoms with Crippen LogP contribution in [0.1, 0.15) is 20.8 Å². The van der Waals surface area contributed by atoms with Gasteiger partial charge in [0.15, 0.2) is 0 Å². The summed E-state index contributed by atoms with van der Waals surface area (Å²) in [5.41, 5.74) is 3.72. The first-order chi connectivity index (χ1) is 5.96. The molecule has 0 aliphatic carbocycles. The van der Waals surface area contributed by atoms with E-state index in [1.54, 1.807) is 13.8 Å². The van der Waals surface area contributed by atoms with E-state index in [1.165, 1.54) is 6.92 Å². The van der Waals surface area contributed by atoms with Crippen molar-refractivity contribution in [2.24, 2.45) is 5.73 Å². The van der Waals surface area contributed by atoms with Crippen LogP contribution in [0.25, 0.3) is 0 Å². The number of carbonyl (C=O) groups is 2. The molecule has 5 nitrogen and oxygen atoms in total. The van der Waals surface area contributed by atoms with E-state index < -0.39 is 17.5 Å². The summed E-state index contributed by atoms with van der Waals surface area (Å²) < 4.78 is 9.22. The lowest BCUT2D eigenvalue weighted by Gasteiger charge is -2.19. The van der Waals surface area contributed by atoms with Crippen LogP contribution < -0.4 is 5.73 Å². The highest BCUT2D eigenvalue weighted by Crippen LogP contribution is 2.05. The second-order valence-corrected chi connectivity index (χ2v) is 2.64. The van der Waals surface area contributed by atoms with Crippen molar-refractivity contribution >= 4 is 11.9 Å². The lowest BCUT2D eigenvalue weighted by atomic mass is 10.1. The van der Waals surface area contributed by atoms with E-state index in [9.17, 15) is 9.59 Å².